The smallest absolute Gasteiger partial charge is 0.185 e. The fourth-order valence-electron chi connectivity index (χ4n) is 1.49. The lowest BCUT2D eigenvalue weighted by atomic mass is 10.1. The number of aromatic nitrogens is 2. The van der Waals surface area contributed by atoms with Crippen LogP contribution < -0.4 is 0 Å². The van der Waals surface area contributed by atoms with E-state index in [4.69, 9.17) is 11.6 Å². The third-order valence-electron chi connectivity index (χ3n) is 2.48. The Morgan fingerprint density at radius 3 is 2.62 bits per heavy atom. The van der Waals surface area contributed by atoms with Crippen molar-refractivity contribution in [2.45, 2.75) is 13.0 Å². The van der Waals surface area contributed by atoms with E-state index in [2.05, 4.69) is 4.98 Å². The van der Waals surface area contributed by atoms with E-state index in [1.807, 2.05) is 6.92 Å². The summed E-state index contributed by atoms with van der Waals surface area (Å²) in [5.41, 5.74) is 0.658. The number of imidazole rings is 1. The van der Waals surface area contributed by atoms with Gasteiger partial charge in [-0.25, -0.2) is 4.98 Å². The average molecular weight is 235 g/mol. The Morgan fingerprint density at radius 2 is 2.06 bits per heavy atom. The molecule has 2 aromatic rings. The standard InChI is InChI=1S/C12H11ClN2O/c1-9(15-7-6-14-8-15)12(16)10-2-4-11(13)5-3-10/h2-9H,1H3. The maximum absolute atomic E-state index is 12.1. The highest BCUT2D eigenvalue weighted by Crippen LogP contribution is 2.16. The molecule has 0 bridgehead atoms. The molecule has 0 amide bonds. The monoisotopic (exact) mass is 234 g/mol. The van der Waals surface area contributed by atoms with Crippen molar-refractivity contribution < 1.29 is 4.79 Å². The van der Waals surface area contributed by atoms with E-state index in [-0.39, 0.29) is 11.8 Å². The molecule has 1 aromatic heterocycles. The Bertz CT molecular complexity index is 476. The Balaban J connectivity index is 2.22. The summed E-state index contributed by atoms with van der Waals surface area (Å²) in [6.45, 7) is 1.85. The average Bonchev–Trinajstić information content (AvgIpc) is 2.81. The molecule has 0 saturated heterocycles. The Morgan fingerprint density at radius 1 is 1.38 bits per heavy atom. The lowest BCUT2D eigenvalue weighted by Crippen LogP contribution is -2.15. The van der Waals surface area contributed by atoms with Crippen LogP contribution in [-0.4, -0.2) is 15.3 Å². The van der Waals surface area contributed by atoms with Crippen LogP contribution in [0, 0.1) is 0 Å². The molecule has 0 radical (unpaired) electrons. The summed E-state index contributed by atoms with van der Waals surface area (Å²) >= 11 is 5.77. The SMILES string of the molecule is CC(C(=O)c1ccc(Cl)cc1)n1ccnc1. The van der Waals surface area contributed by atoms with Gasteiger partial charge in [0.15, 0.2) is 5.78 Å². The van der Waals surface area contributed by atoms with Crippen molar-refractivity contribution in [3.63, 3.8) is 0 Å². The molecule has 0 aliphatic heterocycles. The van der Waals surface area contributed by atoms with Gasteiger partial charge in [-0.1, -0.05) is 11.6 Å². The molecule has 1 unspecified atom stereocenters. The lowest BCUT2D eigenvalue weighted by molar-refractivity contribution is 0.0935. The summed E-state index contributed by atoms with van der Waals surface area (Å²) in [7, 11) is 0. The molecule has 16 heavy (non-hydrogen) atoms. The minimum Gasteiger partial charge on any atom is -0.327 e. The molecule has 0 aliphatic carbocycles. The van der Waals surface area contributed by atoms with Crippen molar-refractivity contribution in [1.82, 2.24) is 9.55 Å². The zero-order chi connectivity index (χ0) is 11.5. The first-order valence-corrected chi connectivity index (χ1v) is 5.33. The summed E-state index contributed by atoms with van der Waals surface area (Å²) in [5, 5.41) is 0.631. The van der Waals surface area contributed by atoms with Gasteiger partial charge in [0.25, 0.3) is 0 Å². The minimum atomic E-state index is -0.247. The molecule has 0 spiro atoms. The Kier molecular flexibility index (Phi) is 3.06. The predicted molar refractivity (Wildman–Crippen MR) is 62.7 cm³/mol. The zero-order valence-corrected chi connectivity index (χ0v) is 9.56. The third kappa shape index (κ3) is 2.14. The van der Waals surface area contributed by atoms with E-state index in [0.29, 0.717) is 10.6 Å². The molecule has 1 aromatic carbocycles. The maximum atomic E-state index is 12.1. The minimum absolute atomic E-state index is 0.0506. The molecule has 0 aliphatic rings. The van der Waals surface area contributed by atoms with Gasteiger partial charge in [-0.05, 0) is 31.2 Å². The van der Waals surface area contributed by atoms with Gasteiger partial charge < -0.3 is 4.57 Å². The molecule has 2 rings (SSSR count). The fraction of sp³-hybridized carbons (Fsp3) is 0.167. The van der Waals surface area contributed by atoms with E-state index in [1.54, 1.807) is 47.6 Å². The van der Waals surface area contributed by atoms with Crippen LogP contribution in [0.1, 0.15) is 23.3 Å². The van der Waals surface area contributed by atoms with Gasteiger partial charge in [-0.3, -0.25) is 4.79 Å². The van der Waals surface area contributed by atoms with Crippen LogP contribution >= 0.6 is 11.6 Å². The molecule has 0 fully saturated rings. The number of carbonyl (C=O) groups is 1. The van der Waals surface area contributed by atoms with Crippen molar-refractivity contribution in [1.29, 1.82) is 0 Å². The molecule has 3 nitrogen and oxygen atoms in total. The largest absolute Gasteiger partial charge is 0.327 e. The number of hydrogen-bond donors (Lipinski definition) is 0. The summed E-state index contributed by atoms with van der Waals surface area (Å²) < 4.78 is 1.77. The molecule has 4 heteroatoms. The lowest BCUT2D eigenvalue weighted by Gasteiger charge is -2.11. The first kappa shape index (κ1) is 10.9. The number of halogens is 1. The molecule has 1 heterocycles. The maximum Gasteiger partial charge on any atom is 0.185 e. The summed E-state index contributed by atoms with van der Waals surface area (Å²) in [6, 6.07) is 6.66. The second kappa shape index (κ2) is 4.49. The molecule has 0 N–H and O–H groups in total. The summed E-state index contributed by atoms with van der Waals surface area (Å²) in [6.07, 6.45) is 5.07. The van der Waals surface area contributed by atoms with Crippen LogP contribution in [0.5, 0.6) is 0 Å². The van der Waals surface area contributed by atoms with Gasteiger partial charge in [0.2, 0.25) is 0 Å². The van der Waals surface area contributed by atoms with Crippen LogP contribution in [-0.2, 0) is 0 Å². The van der Waals surface area contributed by atoms with Crippen LogP contribution in [0.4, 0.5) is 0 Å². The summed E-state index contributed by atoms with van der Waals surface area (Å²) in [5.74, 6) is 0.0506. The Hall–Kier alpha value is -1.61. The number of benzene rings is 1. The number of carbonyl (C=O) groups excluding carboxylic acids is 1. The van der Waals surface area contributed by atoms with Crippen LogP contribution in [0.2, 0.25) is 5.02 Å². The fourth-order valence-corrected chi connectivity index (χ4v) is 1.62. The highest BCUT2D eigenvalue weighted by atomic mass is 35.5. The number of nitrogens with zero attached hydrogens (tertiary/aromatic N) is 2. The summed E-state index contributed by atoms with van der Waals surface area (Å²) in [4.78, 5) is 16.0. The number of rotatable bonds is 3. The molecule has 82 valence electrons. The first-order chi connectivity index (χ1) is 7.68. The van der Waals surface area contributed by atoms with E-state index in [0.717, 1.165) is 0 Å². The van der Waals surface area contributed by atoms with Gasteiger partial charge in [0, 0.05) is 23.0 Å². The number of hydrogen-bond acceptors (Lipinski definition) is 2. The van der Waals surface area contributed by atoms with Gasteiger partial charge in [0.1, 0.15) is 0 Å². The number of ketones is 1. The van der Waals surface area contributed by atoms with Crippen LogP contribution in [0.25, 0.3) is 0 Å². The van der Waals surface area contributed by atoms with Gasteiger partial charge in [0.05, 0.1) is 12.4 Å². The first-order valence-electron chi connectivity index (χ1n) is 4.95. The van der Waals surface area contributed by atoms with Crippen molar-refractivity contribution in [2.75, 3.05) is 0 Å². The second-order valence-corrected chi connectivity index (χ2v) is 3.99. The van der Waals surface area contributed by atoms with Crippen LogP contribution in [0.15, 0.2) is 43.0 Å². The normalized spacial score (nSPS) is 12.4. The highest BCUT2D eigenvalue weighted by Gasteiger charge is 2.15. The van der Waals surface area contributed by atoms with E-state index in [9.17, 15) is 4.79 Å². The quantitative estimate of drug-likeness (QED) is 0.766. The second-order valence-electron chi connectivity index (χ2n) is 3.56. The molecule has 1 atom stereocenters. The van der Waals surface area contributed by atoms with Crippen molar-refractivity contribution in [2.24, 2.45) is 0 Å². The van der Waals surface area contributed by atoms with Gasteiger partial charge in [-0.15, -0.1) is 0 Å². The van der Waals surface area contributed by atoms with Gasteiger partial charge >= 0.3 is 0 Å². The Labute approximate surface area is 98.7 Å². The highest BCUT2D eigenvalue weighted by molar-refractivity contribution is 6.30. The van der Waals surface area contributed by atoms with E-state index < -0.39 is 0 Å². The zero-order valence-electron chi connectivity index (χ0n) is 8.80. The van der Waals surface area contributed by atoms with E-state index >= 15 is 0 Å². The number of Topliss-reactive ketones (excluding diaryl/α,β-unsaturated/α-hetero) is 1. The third-order valence-corrected chi connectivity index (χ3v) is 2.73. The van der Waals surface area contributed by atoms with Crippen LogP contribution in [0.3, 0.4) is 0 Å². The topological polar surface area (TPSA) is 34.9 Å². The van der Waals surface area contributed by atoms with E-state index in [1.165, 1.54) is 0 Å². The molecule has 0 saturated carbocycles. The molecular weight excluding hydrogens is 224 g/mol. The van der Waals surface area contributed by atoms with Crippen molar-refractivity contribution in [3.05, 3.63) is 53.6 Å². The predicted octanol–water partition coefficient (Wildman–Crippen LogP) is 2.98. The van der Waals surface area contributed by atoms with Crippen molar-refractivity contribution in [3.8, 4) is 0 Å². The molecular formula is C12H11ClN2O. The van der Waals surface area contributed by atoms with Crippen molar-refractivity contribution >= 4 is 17.4 Å². The van der Waals surface area contributed by atoms with Gasteiger partial charge in [-0.2, -0.15) is 0 Å².